The van der Waals surface area contributed by atoms with Gasteiger partial charge in [-0.25, -0.2) is 9.78 Å². The number of hydrogen-bond acceptors (Lipinski definition) is 5. The third kappa shape index (κ3) is 3.50. The second-order valence-electron chi connectivity index (χ2n) is 5.85. The Balaban J connectivity index is 0.00000196. The molecule has 138 valence electrons. The molecule has 3 aromatic rings. The van der Waals surface area contributed by atoms with Gasteiger partial charge >= 0.3 is 6.09 Å². The maximum absolute atomic E-state index is 11.9. The van der Waals surface area contributed by atoms with E-state index in [1.807, 2.05) is 6.92 Å². The van der Waals surface area contributed by atoms with Gasteiger partial charge in [-0.2, -0.15) is 0 Å². The zero-order valence-electron chi connectivity index (χ0n) is 14.6. The Bertz CT molecular complexity index is 921. The summed E-state index contributed by atoms with van der Waals surface area (Å²) in [5.74, 6) is 0. The smallest absolute Gasteiger partial charge is 0.410 e. The number of carbonyl (C=O) groups is 1. The number of fused-ring (bicyclic) bond motifs is 3. The topological polar surface area (TPSA) is 46.8 Å². The first-order valence-corrected chi connectivity index (χ1v) is 10.3. The minimum Gasteiger partial charge on any atom is -0.450 e. The molecule has 0 atom stereocenters. The molecule has 4 rings (SSSR count). The number of aromatic nitrogens is 2. The van der Waals surface area contributed by atoms with Crippen LogP contribution in [-0.4, -0.2) is 39.8 Å². The SMILES string of the molecule is Br.CCOC(=O)N1CCc2c(sc3nc(-c4ccc(SC)cc4)cn23)C1. The van der Waals surface area contributed by atoms with Gasteiger partial charge in [0.25, 0.3) is 0 Å². The van der Waals surface area contributed by atoms with E-state index in [1.165, 1.54) is 15.5 Å². The second kappa shape index (κ2) is 8.02. The van der Waals surface area contributed by atoms with Crippen molar-refractivity contribution in [2.75, 3.05) is 19.4 Å². The molecule has 1 amide bonds. The quantitative estimate of drug-likeness (QED) is 0.530. The van der Waals surface area contributed by atoms with Crippen molar-refractivity contribution in [3.8, 4) is 11.3 Å². The summed E-state index contributed by atoms with van der Waals surface area (Å²) in [4.78, 5) is 21.9. The lowest BCUT2D eigenvalue weighted by atomic mass is 10.1. The van der Waals surface area contributed by atoms with E-state index in [0.717, 1.165) is 22.6 Å². The van der Waals surface area contributed by atoms with Crippen LogP contribution in [0, 0.1) is 0 Å². The Hall–Kier alpha value is -1.51. The van der Waals surface area contributed by atoms with Crippen molar-refractivity contribution >= 4 is 51.1 Å². The van der Waals surface area contributed by atoms with Crippen molar-refractivity contribution in [1.82, 2.24) is 14.3 Å². The molecule has 5 nitrogen and oxygen atoms in total. The third-order valence-electron chi connectivity index (χ3n) is 4.37. The van der Waals surface area contributed by atoms with Crippen LogP contribution < -0.4 is 0 Å². The molecule has 0 fully saturated rings. The van der Waals surface area contributed by atoms with E-state index < -0.39 is 0 Å². The van der Waals surface area contributed by atoms with Gasteiger partial charge in [-0.1, -0.05) is 23.5 Å². The number of rotatable bonds is 3. The molecule has 0 unspecified atom stereocenters. The fourth-order valence-corrected chi connectivity index (χ4v) is 4.65. The number of amides is 1. The van der Waals surface area contributed by atoms with Crippen LogP contribution in [-0.2, 0) is 17.7 Å². The fraction of sp³-hybridized carbons (Fsp3) is 0.333. The number of nitrogens with zero attached hydrogens (tertiary/aromatic N) is 3. The van der Waals surface area contributed by atoms with Gasteiger partial charge in [-0.15, -0.1) is 28.7 Å². The predicted molar refractivity (Wildman–Crippen MR) is 112 cm³/mol. The molecule has 0 N–H and O–H groups in total. The molecular formula is C18H20BrN3O2S2. The molecule has 1 aliphatic rings. The highest BCUT2D eigenvalue weighted by atomic mass is 79.9. The van der Waals surface area contributed by atoms with Crippen molar-refractivity contribution in [3.63, 3.8) is 0 Å². The molecule has 8 heteroatoms. The van der Waals surface area contributed by atoms with Crippen molar-refractivity contribution in [1.29, 1.82) is 0 Å². The Morgan fingerprint density at radius 1 is 1.35 bits per heavy atom. The van der Waals surface area contributed by atoms with Crippen LogP contribution in [0.3, 0.4) is 0 Å². The number of benzene rings is 1. The molecule has 3 heterocycles. The first kappa shape index (κ1) is 19.3. The van der Waals surface area contributed by atoms with E-state index in [9.17, 15) is 4.79 Å². The summed E-state index contributed by atoms with van der Waals surface area (Å²) in [6, 6.07) is 8.49. The molecular weight excluding hydrogens is 434 g/mol. The van der Waals surface area contributed by atoms with Crippen molar-refractivity contribution < 1.29 is 9.53 Å². The third-order valence-corrected chi connectivity index (χ3v) is 6.19. The molecule has 2 aromatic heterocycles. The summed E-state index contributed by atoms with van der Waals surface area (Å²) < 4.78 is 7.30. The molecule has 0 bridgehead atoms. The zero-order chi connectivity index (χ0) is 17.4. The van der Waals surface area contributed by atoms with Gasteiger partial charge in [0.05, 0.1) is 18.8 Å². The van der Waals surface area contributed by atoms with E-state index in [4.69, 9.17) is 9.72 Å². The highest BCUT2D eigenvalue weighted by molar-refractivity contribution is 8.93. The summed E-state index contributed by atoms with van der Waals surface area (Å²) in [5.41, 5.74) is 3.39. The number of halogens is 1. The van der Waals surface area contributed by atoms with E-state index >= 15 is 0 Å². The standard InChI is InChI=1S/C18H19N3O2S2.BrH/c1-3-23-18(22)20-9-8-15-16(11-20)25-17-19-14(10-21(15)17)12-4-6-13(24-2)7-5-12;/h4-7,10H,3,8-9,11H2,1-2H3;1H. The predicted octanol–water partition coefficient (Wildman–Crippen LogP) is 4.88. The van der Waals surface area contributed by atoms with E-state index in [1.54, 1.807) is 28.0 Å². The lowest BCUT2D eigenvalue weighted by Crippen LogP contribution is -2.36. The highest BCUT2D eigenvalue weighted by Crippen LogP contribution is 2.31. The Labute approximate surface area is 171 Å². The minimum atomic E-state index is -0.228. The van der Waals surface area contributed by atoms with Gasteiger partial charge in [0.15, 0.2) is 4.96 Å². The van der Waals surface area contributed by atoms with E-state index in [-0.39, 0.29) is 23.1 Å². The van der Waals surface area contributed by atoms with Crippen LogP contribution in [0.5, 0.6) is 0 Å². The number of imidazole rings is 1. The number of carbonyl (C=O) groups excluding carboxylic acids is 1. The molecule has 26 heavy (non-hydrogen) atoms. The number of thiazole rings is 1. The monoisotopic (exact) mass is 453 g/mol. The van der Waals surface area contributed by atoms with E-state index in [2.05, 4.69) is 41.1 Å². The molecule has 0 saturated heterocycles. The first-order valence-electron chi connectivity index (χ1n) is 8.25. The van der Waals surface area contributed by atoms with Crippen LogP contribution in [0.1, 0.15) is 17.5 Å². The molecule has 0 radical (unpaired) electrons. The zero-order valence-corrected chi connectivity index (χ0v) is 17.9. The van der Waals surface area contributed by atoms with Crippen LogP contribution in [0.2, 0.25) is 0 Å². The van der Waals surface area contributed by atoms with Gasteiger partial charge in [-0.05, 0) is 25.3 Å². The Kier molecular flexibility index (Phi) is 5.94. The lowest BCUT2D eigenvalue weighted by Gasteiger charge is -2.25. The highest BCUT2D eigenvalue weighted by Gasteiger charge is 2.26. The Morgan fingerprint density at radius 2 is 2.12 bits per heavy atom. The fourth-order valence-electron chi connectivity index (χ4n) is 3.08. The van der Waals surface area contributed by atoms with Gasteiger partial charge in [0.2, 0.25) is 0 Å². The summed E-state index contributed by atoms with van der Waals surface area (Å²) in [7, 11) is 0. The molecule has 0 aliphatic carbocycles. The maximum atomic E-state index is 11.9. The second-order valence-corrected chi connectivity index (χ2v) is 7.79. The van der Waals surface area contributed by atoms with Crippen molar-refractivity contribution in [2.45, 2.75) is 24.8 Å². The summed E-state index contributed by atoms with van der Waals surface area (Å²) in [6.45, 7) is 3.54. The van der Waals surface area contributed by atoms with Crippen LogP contribution >= 0.6 is 40.1 Å². The number of hydrogen-bond donors (Lipinski definition) is 0. The maximum Gasteiger partial charge on any atom is 0.410 e. The largest absolute Gasteiger partial charge is 0.450 e. The molecule has 0 saturated carbocycles. The van der Waals surface area contributed by atoms with Crippen LogP contribution in [0.25, 0.3) is 16.2 Å². The van der Waals surface area contributed by atoms with Gasteiger partial charge in [-0.3, -0.25) is 4.40 Å². The molecule has 1 aromatic carbocycles. The number of thioether (sulfide) groups is 1. The average Bonchev–Trinajstić information content (AvgIpc) is 3.19. The first-order chi connectivity index (χ1) is 12.2. The minimum absolute atomic E-state index is 0. The molecule has 1 aliphatic heterocycles. The summed E-state index contributed by atoms with van der Waals surface area (Å²) in [6.07, 6.45) is 4.79. The summed E-state index contributed by atoms with van der Waals surface area (Å²) >= 11 is 3.40. The molecule has 0 spiro atoms. The lowest BCUT2D eigenvalue weighted by molar-refractivity contribution is 0.103. The van der Waals surface area contributed by atoms with Gasteiger partial charge < -0.3 is 9.64 Å². The van der Waals surface area contributed by atoms with E-state index in [0.29, 0.717) is 19.7 Å². The van der Waals surface area contributed by atoms with Gasteiger partial charge in [0.1, 0.15) is 0 Å². The number of ether oxygens (including phenoxy) is 1. The normalized spacial score (nSPS) is 13.4. The van der Waals surface area contributed by atoms with Crippen molar-refractivity contribution in [2.24, 2.45) is 0 Å². The summed E-state index contributed by atoms with van der Waals surface area (Å²) in [5, 5.41) is 0. The van der Waals surface area contributed by atoms with Gasteiger partial charge in [0, 0.05) is 40.2 Å². The Morgan fingerprint density at radius 3 is 2.81 bits per heavy atom. The van der Waals surface area contributed by atoms with Crippen molar-refractivity contribution in [3.05, 3.63) is 41.0 Å². The van der Waals surface area contributed by atoms with Crippen LogP contribution in [0.15, 0.2) is 35.4 Å². The van der Waals surface area contributed by atoms with Crippen LogP contribution in [0.4, 0.5) is 4.79 Å². The average molecular weight is 454 g/mol.